The molecule has 0 radical (unpaired) electrons. The normalized spacial score (nSPS) is 10.4. The topological polar surface area (TPSA) is 42.2 Å². The van der Waals surface area contributed by atoms with Gasteiger partial charge in [0, 0.05) is 4.90 Å². The second-order valence-corrected chi connectivity index (χ2v) is 5.50. The zero-order valence-electron chi connectivity index (χ0n) is 9.86. The van der Waals surface area contributed by atoms with Gasteiger partial charge in [0.1, 0.15) is 5.76 Å². The van der Waals surface area contributed by atoms with E-state index in [-0.39, 0.29) is 11.7 Å². The van der Waals surface area contributed by atoms with E-state index in [9.17, 15) is 4.79 Å². The molecular formula is C13H11Cl2NO2S. The highest BCUT2D eigenvalue weighted by atomic mass is 35.5. The van der Waals surface area contributed by atoms with Crippen LogP contribution in [0.1, 0.15) is 5.76 Å². The van der Waals surface area contributed by atoms with Crippen LogP contribution in [0.3, 0.4) is 0 Å². The minimum atomic E-state index is -0.0996. The number of nitrogens with one attached hydrogen (secondary N) is 1. The van der Waals surface area contributed by atoms with Crippen LogP contribution in [0.4, 0.5) is 0 Å². The number of furan rings is 1. The fraction of sp³-hybridized carbons (Fsp3) is 0.154. The Bertz CT molecular complexity index is 538. The number of halogens is 2. The standard InChI is InChI=1S/C13H11Cl2NO2S/c14-10-4-1-5-11(15)13(10)19-8-12(17)16-7-9-3-2-6-18-9/h1-6H,7-8H2,(H,16,17). The third kappa shape index (κ3) is 4.20. The Labute approximate surface area is 125 Å². The van der Waals surface area contributed by atoms with Gasteiger partial charge in [-0.05, 0) is 24.3 Å². The smallest absolute Gasteiger partial charge is 0.230 e. The minimum Gasteiger partial charge on any atom is -0.467 e. The molecule has 1 aromatic carbocycles. The van der Waals surface area contributed by atoms with Gasteiger partial charge in [-0.15, -0.1) is 11.8 Å². The van der Waals surface area contributed by atoms with Crippen molar-refractivity contribution in [3.05, 3.63) is 52.4 Å². The average molecular weight is 316 g/mol. The summed E-state index contributed by atoms with van der Waals surface area (Å²) >= 11 is 13.4. The molecular weight excluding hydrogens is 305 g/mol. The number of amides is 1. The number of hydrogen-bond acceptors (Lipinski definition) is 3. The lowest BCUT2D eigenvalue weighted by Crippen LogP contribution is -2.24. The molecule has 0 fully saturated rings. The van der Waals surface area contributed by atoms with Gasteiger partial charge < -0.3 is 9.73 Å². The van der Waals surface area contributed by atoms with Crippen LogP contribution < -0.4 is 5.32 Å². The fourth-order valence-corrected chi connectivity index (χ4v) is 2.92. The van der Waals surface area contributed by atoms with Crippen molar-refractivity contribution < 1.29 is 9.21 Å². The van der Waals surface area contributed by atoms with Crippen LogP contribution >= 0.6 is 35.0 Å². The van der Waals surface area contributed by atoms with Gasteiger partial charge in [-0.1, -0.05) is 29.3 Å². The first-order valence-corrected chi connectivity index (χ1v) is 7.27. The van der Waals surface area contributed by atoms with Gasteiger partial charge in [0.2, 0.25) is 5.91 Å². The predicted molar refractivity (Wildman–Crippen MR) is 77.7 cm³/mol. The van der Waals surface area contributed by atoms with Gasteiger partial charge in [0.15, 0.2) is 0 Å². The number of carbonyl (C=O) groups excluding carboxylic acids is 1. The van der Waals surface area contributed by atoms with E-state index in [1.54, 1.807) is 36.6 Å². The summed E-state index contributed by atoms with van der Waals surface area (Å²) in [5, 5.41) is 3.86. The van der Waals surface area contributed by atoms with Gasteiger partial charge in [-0.2, -0.15) is 0 Å². The summed E-state index contributed by atoms with van der Waals surface area (Å²) in [5.74, 6) is 0.871. The molecule has 0 spiro atoms. The molecule has 0 atom stereocenters. The molecule has 0 aliphatic rings. The molecule has 1 amide bonds. The van der Waals surface area contributed by atoms with E-state index in [0.29, 0.717) is 22.4 Å². The maximum atomic E-state index is 11.7. The molecule has 0 aliphatic heterocycles. The van der Waals surface area contributed by atoms with E-state index < -0.39 is 0 Å². The molecule has 19 heavy (non-hydrogen) atoms. The molecule has 0 saturated carbocycles. The van der Waals surface area contributed by atoms with Crippen molar-refractivity contribution in [2.45, 2.75) is 11.4 Å². The molecule has 2 rings (SSSR count). The lowest BCUT2D eigenvalue weighted by atomic mass is 10.4. The van der Waals surface area contributed by atoms with Crippen molar-refractivity contribution in [2.24, 2.45) is 0 Å². The van der Waals surface area contributed by atoms with Crippen LogP contribution in [0.25, 0.3) is 0 Å². The summed E-state index contributed by atoms with van der Waals surface area (Å²) in [6.45, 7) is 0.378. The molecule has 1 aromatic heterocycles. The lowest BCUT2D eigenvalue weighted by Gasteiger charge is -2.06. The summed E-state index contributed by atoms with van der Waals surface area (Å²) in [6, 6.07) is 8.84. The van der Waals surface area contributed by atoms with E-state index in [1.165, 1.54) is 11.8 Å². The predicted octanol–water partition coefficient (Wildman–Crippen LogP) is 3.99. The Kier molecular flexibility index (Phi) is 5.19. The van der Waals surface area contributed by atoms with E-state index in [0.717, 1.165) is 4.90 Å². The van der Waals surface area contributed by atoms with Crippen LogP contribution in [0.15, 0.2) is 45.9 Å². The first-order chi connectivity index (χ1) is 9.16. The van der Waals surface area contributed by atoms with Crippen LogP contribution in [0.5, 0.6) is 0 Å². The molecule has 1 N–H and O–H groups in total. The highest BCUT2D eigenvalue weighted by molar-refractivity contribution is 8.00. The highest BCUT2D eigenvalue weighted by Gasteiger charge is 2.09. The summed E-state index contributed by atoms with van der Waals surface area (Å²) in [5.41, 5.74) is 0. The van der Waals surface area contributed by atoms with E-state index in [2.05, 4.69) is 5.32 Å². The minimum absolute atomic E-state index is 0.0996. The number of carbonyl (C=O) groups is 1. The maximum Gasteiger partial charge on any atom is 0.230 e. The van der Waals surface area contributed by atoms with E-state index in [4.69, 9.17) is 27.6 Å². The number of rotatable bonds is 5. The van der Waals surface area contributed by atoms with Crippen LogP contribution in [-0.2, 0) is 11.3 Å². The van der Waals surface area contributed by atoms with Gasteiger partial charge >= 0.3 is 0 Å². The number of benzene rings is 1. The summed E-state index contributed by atoms with van der Waals surface area (Å²) in [7, 11) is 0. The molecule has 0 saturated heterocycles. The van der Waals surface area contributed by atoms with Gasteiger partial charge in [-0.25, -0.2) is 0 Å². The van der Waals surface area contributed by atoms with Crippen molar-refractivity contribution >= 4 is 40.9 Å². The lowest BCUT2D eigenvalue weighted by molar-refractivity contribution is -0.118. The molecule has 3 nitrogen and oxygen atoms in total. The van der Waals surface area contributed by atoms with E-state index >= 15 is 0 Å². The molecule has 0 bridgehead atoms. The highest BCUT2D eigenvalue weighted by Crippen LogP contribution is 2.33. The van der Waals surface area contributed by atoms with Crippen LogP contribution in [0.2, 0.25) is 10.0 Å². The number of thioether (sulfide) groups is 1. The Hall–Kier alpha value is -1.10. The van der Waals surface area contributed by atoms with E-state index in [1.807, 2.05) is 0 Å². The Morgan fingerprint density at radius 3 is 2.58 bits per heavy atom. The van der Waals surface area contributed by atoms with Gasteiger partial charge in [-0.3, -0.25) is 4.79 Å². The molecule has 0 aliphatic carbocycles. The average Bonchev–Trinajstić information content (AvgIpc) is 2.89. The first-order valence-electron chi connectivity index (χ1n) is 5.52. The Morgan fingerprint density at radius 1 is 1.21 bits per heavy atom. The largest absolute Gasteiger partial charge is 0.467 e. The summed E-state index contributed by atoms with van der Waals surface area (Å²) in [4.78, 5) is 12.4. The molecule has 2 aromatic rings. The van der Waals surface area contributed by atoms with Gasteiger partial charge in [0.25, 0.3) is 0 Å². The monoisotopic (exact) mass is 315 g/mol. The van der Waals surface area contributed by atoms with Crippen LogP contribution in [0, 0.1) is 0 Å². The quantitative estimate of drug-likeness (QED) is 0.848. The Morgan fingerprint density at radius 2 is 1.95 bits per heavy atom. The Balaban J connectivity index is 1.83. The first kappa shape index (κ1) is 14.3. The molecule has 100 valence electrons. The third-order valence-electron chi connectivity index (χ3n) is 2.31. The maximum absolute atomic E-state index is 11.7. The summed E-state index contributed by atoms with van der Waals surface area (Å²) in [6.07, 6.45) is 1.57. The van der Waals surface area contributed by atoms with Crippen molar-refractivity contribution in [2.75, 3.05) is 5.75 Å². The van der Waals surface area contributed by atoms with Crippen molar-refractivity contribution in [1.29, 1.82) is 0 Å². The SMILES string of the molecule is O=C(CSc1c(Cl)cccc1Cl)NCc1ccco1. The molecule has 6 heteroatoms. The second kappa shape index (κ2) is 6.89. The van der Waals surface area contributed by atoms with Crippen LogP contribution in [-0.4, -0.2) is 11.7 Å². The zero-order chi connectivity index (χ0) is 13.7. The van der Waals surface area contributed by atoms with Crippen molar-refractivity contribution in [3.8, 4) is 0 Å². The third-order valence-corrected chi connectivity index (χ3v) is 4.30. The molecule has 0 unspecified atom stereocenters. The fourth-order valence-electron chi connectivity index (χ4n) is 1.41. The van der Waals surface area contributed by atoms with Crippen molar-refractivity contribution in [1.82, 2.24) is 5.32 Å². The van der Waals surface area contributed by atoms with Gasteiger partial charge in [0.05, 0.1) is 28.6 Å². The molecule has 1 heterocycles. The van der Waals surface area contributed by atoms with Crippen molar-refractivity contribution in [3.63, 3.8) is 0 Å². The number of hydrogen-bond donors (Lipinski definition) is 1. The summed E-state index contributed by atoms with van der Waals surface area (Å²) < 4.78 is 5.12. The second-order valence-electron chi connectivity index (χ2n) is 3.70. The zero-order valence-corrected chi connectivity index (χ0v) is 12.2.